The van der Waals surface area contributed by atoms with Gasteiger partial charge >= 0.3 is 5.97 Å². The minimum atomic E-state index is -0.414. The van der Waals surface area contributed by atoms with E-state index in [0.717, 1.165) is 12.0 Å². The summed E-state index contributed by atoms with van der Waals surface area (Å²) in [5, 5.41) is 3.43. The largest absolute Gasteiger partial charge is 0.465 e. The maximum absolute atomic E-state index is 12.5. The second kappa shape index (κ2) is 10.1. The van der Waals surface area contributed by atoms with E-state index < -0.39 is 5.97 Å². The van der Waals surface area contributed by atoms with Gasteiger partial charge in [0.25, 0.3) is 5.91 Å². The molecule has 0 aliphatic heterocycles. The molecule has 1 amide bonds. The highest BCUT2D eigenvalue weighted by Gasteiger charge is 2.12. The molecule has 1 N–H and O–H groups in total. The first-order valence-corrected chi connectivity index (χ1v) is 9.60. The van der Waals surface area contributed by atoms with Crippen LogP contribution in [-0.4, -0.2) is 19.0 Å². The number of carbonyl (C=O) groups excluding carboxylic acids is 2. The lowest BCUT2D eigenvalue weighted by Gasteiger charge is -2.13. The molecule has 0 aliphatic carbocycles. The van der Waals surface area contributed by atoms with E-state index >= 15 is 0 Å². The average molecular weight is 388 g/mol. The molecule has 4 nitrogen and oxygen atoms in total. The summed E-state index contributed by atoms with van der Waals surface area (Å²) in [6, 6.07) is 12.0. The fourth-order valence-electron chi connectivity index (χ4n) is 2.89. The predicted octanol–water partition coefficient (Wildman–Crippen LogP) is 5.75. The SMILES string of the molecule is CCCCC(C)Cc1ccc(C(=O)Nc2ccc(C(=O)OC)cc2)cc1Cl. The minimum Gasteiger partial charge on any atom is -0.465 e. The maximum Gasteiger partial charge on any atom is 0.337 e. The van der Waals surface area contributed by atoms with Crippen LogP contribution in [0.3, 0.4) is 0 Å². The van der Waals surface area contributed by atoms with Crippen molar-refractivity contribution >= 4 is 29.2 Å². The molecule has 2 rings (SSSR count). The molecule has 0 saturated heterocycles. The summed E-state index contributed by atoms with van der Waals surface area (Å²) < 4.78 is 4.66. The molecule has 1 unspecified atom stereocenters. The van der Waals surface area contributed by atoms with Crippen LogP contribution < -0.4 is 5.32 Å². The number of nitrogens with one attached hydrogen (secondary N) is 1. The van der Waals surface area contributed by atoms with Gasteiger partial charge in [0.1, 0.15) is 0 Å². The van der Waals surface area contributed by atoms with E-state index in [1.165, 1.54) is 26.4 Å². The van der Waals surface area contributed by atoms with Gasteiger partial charge in [0.15, 0.2) is 0 Å². The van der Waals surface area contributed by atoms with Crippen molar-refractivity contribution in [2.45, 2.75) is 39.5 Å². The van der Waals surface area contributed by atoms with Crippen molar-refractivity contribution in [2.75, 3.05) is 12.4 Å². The van der Waals surface area contributed by atoms with E-state index in [-0.39, 0.29) is 5.91 Å². The normalized spacial score (nSPS) is 11.7. The molecular formula is C22H26ClNO3. The van der Waals surface area contributed by atoms with Gasteiger partial charge < -0.3 is 10.1 Å². The number of benzene rings is 2. The van der Waals surface area contributed by atoms with Crippen LogP contribution in [0.15, 0.2) is 42.5 Å². The van der Waals surface area contributed by atoms with Crippen LogP contribution in [0, 0.1) is 5.92 Å². The summed E-state index contributed by atoms with van der Waals surface area (Å²) in [6.07, 6.45) is 4.50. The first kappa shape index (κ1) is 21.0. The Morgan fingerprint density at radius 2 is 1.78 bits per heavy atom. The summed E-state index contributed by atoms with van der Waals surface area (Å²) in [5.74, 6) is -0.0906. The molecule has 0 spiro atoms. The molecule has 2 aromatic carbocycles. The molecule has 0 fully saturated rings. The quantitative estimate of drug-likeness (QED) is 0.587. The number of hydrogen-bond donors (Lipinski definition) is 1. The van der Waals surface area contributed by atoms with Crippen molar-refractivity contribution in [3.63, 3.8) is 0 Å². The second-order valence-corrected chi connectivity index (χ2v) is 7.19. The van der Waals surface area contributed by atoms with Crippen LogP contribution in [0.2, 0.25) is 5.02 Å². The van der Waals surface area contributed by atoms with E-state index in [0.29, 0.717) is 27.8 Å². The Hall–Kier alpha value is -2.33. The van der Waals surface area contributed by atoms with Gasteiger partial charge in [-0.15, -0.1) is 0 Å². The summed E-state index contributed by atoms with van der Waals surface area (Å²) in [4.78, 5) is 23.9. The topological polar surface area (TPSA) is 55.4 Å². The van der Waals surface area contributed by atoms with Crippen molar-refractivity contribution in [1.29, 1.82) is 0 Å². The van der Waals surface area contributed by atoms with Crippen molar-refractivity contribution in [3.05, 3.63) is 64.2 Å². The zero-order chi connectivity index (χ0) is 19.8. The zero-order valence-corrected chi connectivity index (χ0v) is 16.8. The predicted molar refractivity (Wildman–Crippen MR) is 110 cm³/mol. The van der Waals surface area contributed by atoms with Gasteiger partial charge in [-0.25, -0.2) is 4.79 Å². The fourth-order valence-corrected chi connectivity index (χ4v) is 3.15. The van der Waals surface area contributed by atoms with E-state index in [1.807, 2.05) is 6.07 Å². The average Bonchev–Trinajstić information content (AvgIpc) is 2.67. The molecule has 144 valence electrons. The number of ether oxygens (including phenoxy) is 1. The maximum atomic E-state index is 12.5. The van der Waals surface area contributed by atoms with Crippen LogP contribution in [0.25, 0.3) is 0 Å². The Labute approximate surface area is 165 Å². The Balaban J connectivity index is 2.02. The molecule has 0 heterocycles. The third kappa shape index (κ3) is 6.10. The van der Waals surface area contributed by atoms with Gasteiger partial charge in [-0.1, -0.05) is 50.8 Å². The number of rotatable bonds is 8. The first-order chi connectivity index (χ1) is 12.9. The number of halogens is 1. The highest BCUT2D eigenvalue weighted by molar-refractivity contribution is 6.31. The highest BCUT2D eigenvalue weighted by atomic mass is 35.5. The van der Waals surface area contributed by atoms with Crippen molar-refractivity contribution in [1.82, 2.24) is 0 Å². The van der Waals surface area contributed by atoms with Gasteiger partial charge in [-0.3, -0.25) is 4.79 Å². The van der Waals surface area contributed by atoms with Gasteiger partial charge in [0.2, 0.25) is 0 Å². The molecule has 5 heteroatoms. The Morgan fingerprint density at radius 3 is 2.37 bits per heavy atom. The summed E-state index contributed by atoms with van der Waals surface area (Å²) in [5.41, 5.74) is 2.60. The van der Waals surface area contributed by atoms with Crippen LogP contribution in [0.4, 0.5) is 5.69 Å². The van der Waals surface area contributed by atoms with Crippen molar-refractivity contribution in [2.24, 2.45) is 5.92 Å². The summed E-state index contributed by atoms with van der Waals surface area (Å²) >= 11 is 6.39. The number of esters is 1. The minimum absolute atomic E-state index is 0.242. The molecular weight excluding hydrogens is 362 g/mol. The number of amides is 1. The number of unbranched alkanes of at least 4 members (excludes halogenated alkanes) is 1. The summed E-state index contributed by atoms with van der Waals surface area (Å²) in [7, 11) is 1.33. The van der Waals surface area contributed by atoms with Crippen LogP contribution in [0.1, 0.15) is 59.4 Å². The number of carbonyl (C=O) groups is 2. The van der Waals surface area contributed by atoms with Gasteiger partial charge in [0.05, 0.1) is 12.7 Å². The third-order valence-electron chi connectivity index (χ3n) is 4.50. The number of hydrogen-bond acceptors (Lipinski definition) is 3. The van der Waals surface area contributed by atoms with Gasteiger partial charge in [-0.05, 0) is 54.3 Å². The number of anilines is 1. The molecule has 2 aromatic rings. The molecule has 0 aliphatic rings. The van der Waals surface area contributed by atoms with Crippen molar-refractivity contribution < 1.29 is 14.3 Å². The van der Waals surface area contributed by atoms with Crippen LogP contribution in [0.5, 0.6) is 0 Å². The van der Waals surface area contributed by atoms with Crippen LogP contribution >= 0.6 is 11.6 Å². The molecule has 0 bridgehead atoms. The fraction of sp³-hybridized carbons (Fsp3) is 0.364. The van der Waals surface area contributed by atoms with E-state index in [2.05, 4.69) is 23.9 Å². The second-order valence-electron chi connectivity index (χ2n) is 6.78. The molecule has 0 aromatic heterocycles. The lowest BCUT2D eigenvalue weighted by molar-refractivity contribution is 0.0600. The van der Waals surface area contributed by atoms with E-state index in [1.54, 1.807) is 36.4 Å². The standard InChI is InChI=1S/C22H26ClNO3/c1-4-5-6-15(2)13-17-7-8-18(14-20(17)23)21(25)24-19-11-9-16(10-12-19)22(26)27-3/h7-12,14-15H,4-6,13H2,1-3H3,(H,24,25). The summed E-state index contributed by atoms with van der Waals surface area (Å²) in [6.45, 7) is 4.42. The molecule has 1 atom stereocenters. The zero-order valence-electron chi connectivity index (χ0n) is 16.0. The Kier molecular flexibility index (Phi) is 7.86. The number of methoxy groups -OCH3 is 1. The van der Waals surface area contributed by atoms with Gasteiger partial charge in [0, 0.05) is 16.3 Å². The molecule has 27 heavy (non-hydrogen) atoms. The first-order valence-electron chi connectivity index (χ1n) is 9.22. The lowest BCUT2D eigenvalue weighted by atomic mass is 9.95. The Bertz CT molecular complexity index is 787. The smallest absolute Gasteiger partial charge is 0.337 e. The van der Waals surface area contributed by atoms with Gasteiger partial charge in [-0.2, -0.15) is 0 Å². The molecule has 0 radical (unpaired) electrons. The third-order valence-corrected chi connectivity index (χ3v) is 4.85. The Morgan fingerprint density at radius 1 is 1.11 bits per heavy atom. The van der Waals surface area contributed by atoms with Crippen molar-refractivity contribution in [3.8, 4) is 0 Å². The van der Waals surface area contributed by atoms with E-state index in [9.17, 15) is 9.59 Å². The van der Waals surface area contributed by atoms with E-state index in [4.69, 9.17) is 11.6 Å². The lowest BCUT2D eigenvalue weighted by Crippen LogP contribution is -2.12. The highest BCUT2D eigenvalue weighted by Crippen LogP contribution is 2.24. The molecule has 0 saturated carbocycles. The monoisotopic (exact) mass is 387 g/mol. The van der Waals surface area contributed by atoms with Crippen LogP contribution in [-0.2, 0) is 11.2 Å².